The zero-order chi connectivity index (χ0) is 12.7. The maximum Gasteiger partial charge on any atom is 0.307 e. The van der Waals surface area contributed by atoms with Crippen LogP contribution < -0.4 is 5.32 Å². The zero-order valence-corrected chi connectivity index (χ0v) is 10.1. The minimum Gasteiger partial charge on any atom is -0.481 e. The highest BCUT2D eigenvalue weighted by Gasteiger charge is 2.26. The second-order valence-electron chi connectivity index (χ2n) is 4.26. The number of hydrogen-bond donors (Lipinski definition) is 2. The van der Waals surface area contributed by atoms with Gasteiger partial charge in [0, 0.05) is 20.2 Å². The third kappa shape index (κ3) is 5.14. The summed E-state index contributed by atoms with van der Waals surface area (Å²) < 4.78 is 4.82. The first-order valence-electron chi connectivity index (χ1n) is 5.84. The molecule has 6 nitrogen and oxygen atoms in total. The maximum atomic E-state index is 11.5. The van der Waals surface area contributed by atoms with Crippen molar-refractivity contribution in [2.75, 3.05) is 39.9 Å². The van der Waals surface area contributed by atoms with Gasteiger partial charge in [-0.05, 0) is 19.4 Å². The Hall–Kier alpha value is -1.14. The smallest absolute Gasteiger partial charge is 0.307 e. The van der Waals surface area contributed by atoms with Crippen molar-refractivity contribution in [2.45, 2.75) is 12.8 Å². The Bertz CT molecular complexity index is 270. The molecule has 0 aromatic carbocycles. The van der Waals surface area contributed by atoms with Crippen molar-refractivity contribution >= 4 is 11.9 Å². The first-order valence-corrected chi connectivity index (χ1v) is 5.84. The minimum atomic E-state index is -0.769. The molecule has 0 aliphatic carbocycles. The van der Waals surface area contributed by atoms with E-state index in [0.29, 0.717) is 26.1 Å². The van der Waals surface area contributed by atoms with Crippen LogP contribution in [0.2, 0.25) is 0 Å². The Morgan fingerprint density at radius 1 is 1.53 bits per heavy atom. The van der Waals surface area contributed by atoms with Crippen molar-refractivity contribution in [1.82, 2.24) is 10.2 Å². The Kier molecular flexibility index (Phi) is 5.93. The predicted octanol–water partition coefficient (Wildman–Crippen LogP) is -0.454. The molecule has 2 N–H and O–H groups in total. The number of nitrogens with one attached hydrogen (secondary N) is 1. The molecule has 0 unspecified atom stereocenters. The summed E-state index contributed by atoms with van der Waals surface area (Å²) in [6, 6.07) is 0. The third-order valence-corrected chi connectivity index (χ3v) is 2.85. The van der Waals surface area contributed by atoms with Gasteiger partial charge in [0.2, 0.25) is 5.91 Å². The number of hydrogen-bond acceptors (Lipinski definition) is 4. The van der Waals surface area contributed by atoms with E-state index in [2.05, 4.69) is 5.32 Å². The monoisotopic (exact) mass is 244 g/mol. The lowest BCUT2D eigenvalue weighted by molar-refractivity contribution is -0.144. The zero-order valence-electron chi connectivity index (χ0n) is 10.1. The standard InChI is InChI=1S/C11H20N2O4/c1-17-6-4-12-10(14)8-13-5-2-3-9(7-13)11(15)16/h9H,2-8H2,1H3,(H,12,14)(H,15,16)/t9-/m1/s1. The molecule has 6 heteroatoms. The van der Waals surface area contributed by atoms with Crippen molar-refractivity contribution in [1.29, 1.82) is 0 Å². The maximum absolute atomic E-state index is 11.5. The van der Waals surface area contributed by atoms with Crippen molar-refractivity contribution in [3.05, 3.63) is 0 Å². The summed E-state index contributed by atoms with van der Waals surface area (Å²) in [4.78, 5) is 24.3. The van der Waals surface area contributed by atoms with E-state index in [9.17, 15) is 9.59 Å². The second-order valence-corrected chi connectivity index (χ2v) is 4.26. The SMILES string of the molecule is COCCNC(=O)CN1CCC[C@@H](C(=O)O)C1. The lowest BCUT2D eigenvalue weighted by Crippen LogP contribution is -2.44. The third-order valence-electron chi connectivity index (χ3n) is 2.85. The summed E-state index contributed by atoms with van der Waals surface area (Å²) in [5.41, 5.74) is 0. The summed E-state index contributed by atoms with van der Waals surface area (Å²) in [6.07, 6.45) is 1.54. The molecule has 0 bridgehead atoms. The van der Waals surface area contributed by atoms with Crippen molar-refractivity contribution in [3.63, 3.8) is 0 Å². The van der Waals surface area contributed by atoms with Crippen LogP contribution >= 0.6 is 0 Å². The first-order chi connectivity index (χ1) is 8.13. The number of carboxylic acid groups (broad SMARTS) is 1. The van der Waals surface area contributed by atoms with Crippen LogP contribution in [0.4, 0.5) is 0 Å². The van der Waals surface area contributed by atoms with E-state index >= 15 is 0 Å². The molecule has 1 amide bonds. The Morgan fingerprint density at radius 2 is 2.29 bits per heavy atom. The van der Waals surface area contributed by atoms with Crippen LogP contribution in [0.25, 0.3) is 0 Å². The quantitative estimate of drug-likeness (QED) is 0.618. The number of likely N-dealkylation sites (tertiary alicyclic amines) is 1. The Balaban J connectivity index is 2.26. The second kappa shape index (κ2) is 7.24. The number of carbonyl (C=O) groups is 2. The predicted molar refractivity (Wildman–Crippen MR) is 61.7 cm³/mol. The molecule has 1 heterocycles. The summed E-state index contributed by atoms with van der Waals surface area (Å²) in [6.45, 7) is 2.51. The van der Waals surface area contributed by atoms with E-state index in [-0.39, 0.29) is 18.4 Å². The molecule has 1 aliphatic heterocycles. The highest BCUT2D eigenvalue weighted by molar-refractivity contribution is 5.78. The first kappa shape index (κ1) is 13.9. The normalized spacial score (nSPS) is 21.1. The number of ether oxygens (including phenoxy) is 1. The van der Waals surface area contributed by atoms with E-state index in [1.54, 1.807) is 7.11 Å². The van der Waals surface area contributed by atoms with Crippen LogP contribution in [-0.2, 0) is 14.3 Å². The van der Waals surface area contributed by atoms with Gasteiger partial charge in [0.25, 0.3) is 0 Å². The molecule has 17 heavy (non-hydrogen) atoms. The lowest BCUT2D eigenvalue weighted by Gasteiger charge is -2.29. The Morgan fingerprint density at radius 3 is 2.94 bits per heavy atom. The number of piperidine rings is 1. The molecule has 0 spiro atoms. The van der Waals surface area contributed by atoms with E-state index in [1.807, 2.05) is 4.90 Å². The van der Waals surface area contributed by atoms with Crippen LogP contribution in [0.3, 0.4) is 0 Å². The van der Waals surface area contributed by atoms with E-state index in [1.165, 1.54) is 0 Å². The average Bonchev–Trinajstić information content (AvgIpc) is 2.29. The molecule has 1 atom stereocenters. The molecule has 1 fully saturated rings. The van der Waals surface area contributed by atoms with E-state index < -0.39 is 5.97 Å². The van der Waals surface area contributed by atoms with Gasteiger partial charge in [0.15, 0.2) is 0 Å². The molecule has 1 saturated heterocycles. The average molecular weight is 244 g/mol. The molecule has 1 rings (SSSR count). The molecule has 98 valence electrons. The number of methoxy groups -OCH3 is 1. The van der Waals surface area contributed by atoms with E-state index in [0.717, 1.165) is 13.0 Å². The van der Waals surface area contributed by atoms with Gasteiger partial charge in [-0.2, -0.15) is 0 Å². The number of amides is 1. The van der Waals surface area contributed by atoms with E-state index in [4.69, 9.17) is 9.84 Å². The molecular weight excluding hydrogens is 224 g/mol. The van der Waals surface area contributed by atoms with Crippen molar-refractivity contribution in [3.8, 4) is 0 Å². The molecule has 0 aromatic rings. The molecular formula is C11H20N2O4. The number of nitrogens with zero attached hydrogens (tertiary/aromatic N) is 1. The number of aliphatic carboxylic acids is 1. The summed E-state index contributed by atoms with van der Waals surface area (Å²) >= 11 is 0. The fourth-order valence-electron chi connectivity index (χ4n) is 1.95. The number of carboxylic acids is 1. The van der Waals surface area contributed by atoms with Gasteiger partial charge >= 0.3 is 5.97 Å². The summed E-state index contributed by atoms with van der Waals surface area (Å²) in [7, 11) is 1.58. The van der Waals surface area contributed by atoms with Gasteiger partial charge in [0.05, 0.1) is 19.1 Å². The highest BCUT2D eigenvalue weighted by Crippen LogP contribution is 2.15. The van der Waals surface area contributed by atoms with Crippen LogP contribution in [0, 0.1) is 5.92 Å². The van der Waals surface area contributed by atoms with Gasteiger partial charge in [-0.25, -0.2) is 0 Å². The van der Waals surface area contributed by atoms with Crippen LogP contribution in [-0.4, -0.2) is 61.8 Å². The minimum absolute atomic E-state index is 0.0758. The molecule has 0 saturated carbocycles. The Labute approximate surface area is 101 Å². The van der Waals surface area contributed by atoms with Gasteiger partial charge in [-0.3, -0.25) is 14.5 Å². The summed E-state index contributed by atoms with van der Waals surface area (Å²) in [5, 5.41) is 11.6. The van der Waals surface area contributed by atoms with Crippen molar-refractivity contribution in [2.24, 2.45) is 5.92 Å². The van der Waals surface area contributed by atoms with Gasteiger partial charge in [-0.1, -0.05) is 0 Å². The topological polar surface area (TPSA) is 78.9 Å². The van der Waals surface area contributed by atoms with Crippen LogP contribution in [0.15, 0.2) is 0 Å². The van der Waals surface area contributed by atoms with Crippen molar-refractivity contribution < 1.29 is 19.4 Å². The molecule has 0 aromatic heterocycles. The molecule has 1 aliphatic rings. The lowest BCUT2D eigenvalue weighted by atomic mass is 9.98. The van der Waals surface area contributed by atoms with Gasteiger partial charge in [0.1, 0.15) is 0 Å². The van der Waals surface area contributed by atoms with Crippen LogP contribution in [0.1, 0.15) is 12.8 Å². The highest BCUT2D eigenvalue weighted by atomic mass is 16.5. The fraction of sp³-hybridized carbons (Fsp3) is 0.818. The molecule has 0 radical (unpaired) electrons. The van der Waals surface area contributed by atoms with Crippen LogP contribution in [0.5, 0.6) is 0 Å². The fourth-order valence-corrected chi connectivity index (χ4v) is 1.95. The largest absolute Gasteiger partial charge is 0.481 e. The van der Waals surface area contributed by atoms with Gasteiger partial charge in [-0.15, -0.1) is 0 Å². The summed E-state index contributed by atoms with van der Waals surface area (Å²) in [5.74, 6) is -1.18. The number of rotatable bonds is 6. The van der Waals surface area contributed by atoms with Gasteiger partial charge < -0.3 is 15.2 Å². The number of carbonyl (C=O) groups excluding carboxylic acids is 1.